The summed E-state index contributed by atoms with van der Waals surface area (Å²) in [5, 5.41) is 8.43. The Morgan fingerprint density at radius 2 is 2.00 bits per heavy atom. The molecule has 1 saturated heterocycles. The number of esters is 2. The van der Waals surface area contributed by atoms with Crippen LogP contribution in [0.5, 0.6) is 11.5 Å². The molecule has 1 unspecified atom stereocenters. The highest BCUT2D eigenvalue weighted by atomic mass is 16.6. The first-order chi connectivity index (χ1) is 14.5. The number of carbonyl (C=O) groups is 2. The van der Waals surface area contributed by atoms with Crippen LogP contribution in [0.3, 0.4) is 0 Å². The summed E-state index contributed by atoms with van der Waals surface area (Å²) < 4.78 is 21.0. The highest BCUT2D eigenvalue weighted by molar-refractivity contribution is 5.91. The lowest BCUT2D eigenvalue weighted by molar-refractivity contribution is -0.137. The second-order valence-electron chi connectivity index (χ2n) is 6.61. The van der Waals surface area contributed by atoms with Gasteiger partial charge in [0.25, 0.3) is 0 Å². The van der Waals surface area contributed by atoms with Crippen LogP contribution in [0, 0.1) is 18.3 Å². The first-order valence-electron chi connectivity index (χ1n) is 9.44. The lowest BCUT2D eigenvalue weighted by Gasteiger charge is -2.09. The van der Waals surface area contributed by atoms with Crippen LogP contribution in [-0.2, 0) is 14.3 Å². The highest BCUT2D eigenvalue weighted by Crippen LogP contribution is 2.22. The molecule has 2 aromatic rings. The van der Waals surface area contributed by atoms with Crippen molar-refractivity contribution in [3.05, 3.63) is 65.2 Å². The van der Waals surface area contributed by atoms with Crippen LogP contribution in [0.15, 0.2) is 48.5 Å². The maximum atomic E-state index is 12.4. The van der Waals surface area contributed by atoms with Crippen LogP contribution in [-0.4, -0.2) is 37.9 Å². The van der Waals surface area contributed by atoms with Crippen LogP contribution in [0.4, 0.5) is 0 Å². The van der Waals surface area contributed by atoms with Gasteiger partial charge in [0.15, 0.2) is 0 Å². The summed E-state index contributed by atoms with van der Waals surface area (Å²) in [6.07, 6.45) is 3.21. The van der Waals surface area contributed by atoms with Crippen molar-refractivity contribution in [3.8, 4) is 17.6 Å². The fourth-order valence-corrected chi connectivity index (χ4v) is 2.50. The summed E-state index contributed by atoms with van der Waals surface area (Å²) in [5.74, 6) is 0.107. The number of hydrogen-bond donors (Lipinski definition) is 0. The van der Waals surface area contributed by atoms with Crippen molar-refractivity contribution in [2.75, 3.05) is 19.8 Å². The van der Waals surface area contributed by atoms with Gasteiger partial charge in [0.05, 0.1) is 24.7 Å². The van der Waals surface area contributed by atoms with Crippen molar-refractivity contribution >= 4 is 18.0 Å². The zero-order chi connectivity index (χ0) is 21.3. The molecule has 7 nitrogen and oxygen atoms in total. The molecule has 30 heavy (non-hydrogen) atoms. The fourth-order valence-electron chi connectivity index (χ4n) is 2.50. The number of nitriles is 1. The SMILES string of the molecule is Cc1cc(/C=C/C(=O)OCCC#N)ccc1OC(=O)c1ccc(OCC2CO2)cc1. The molecule has 0 aromatic heterocycles. The van der Waals surface area contributed by atoms with Gasteiger partial charge in [-0.25, -0.2) is 9.59 Å². The number of hydrogen-bond acceptors (Lipinski definition) is 7. The molecule has 1 atom stereocenters. The van der Waals surface area contributed by atoms with Crippen LogP contribution in [0.2, 0.25) is 0 Å². The van der Waals surface area contributed by atoms with Crippen molar-refractivity contribution in [1.29, 1.82) is 5.26 Å². The van der Waals surface area contributed by atoms with Gasteiger partial charge in [-0.1, -0.05) is 6.07 Å². The van der Waals surface area contributed by atoms with E-state index in [4.69, 9.17) is 24.2 Å². The maximum Gasteiger partial charge on any atom is 0.343 e. The average Bonchev–Trinajstić information content (AvgIpc) is 3.57. The number of benzene rings is 2. The van der Waals surface area contributed by atoms with Crippen LogP contribution in [0.25, 0.3) is 6.08 Å². The van der Waals surface area contributed by atoms with E-state index >= 15 is 0 Å². The molecule has 1 fully saturated rings. The first-order valence-corrected chi connectivity index (χ1v) is 9.44. The van der Waals surface area contributed by atoms with E-state index in [9.17, 15) is 9.59 Å². The number of nitrogens with zero attached hydrogens (tertiary/aromatic N) is 1. The minimum atomic E-state index is -0.518. The normalized spacial score (nSPS) is 14.7. The third-order valence-corrected chi connectivity index (χ3v) is 4.20. The van der Waals surface area contributed by atoms with Gasteiger partial charge >= 0.3 is 11.9 Å². The average molecular weight is 407 g/mol. The zero-order valence-corrected chi connectivity index (χ0v) is 16.5. The Hall–Kier alpha value is -3.63. The molecular weight excluding hydrogens is 386 g/mol. The van der Waals surface area contributed by atoms with Crippen LogP contribution >= 0.6 is 0 Å². The lowest BCUT2D eigenvalue weighted by Crippen LogP contribution is -2.09. The third-order valence-electron chi connectivity index (χ3n) is 4.20. The number of carbonyl (C=O) groups excluding carboxylic acids is 2. The molecule has 0 radical (unpaired) electrons. The maximum absolute atomic E-state index is 12.4. The highest BCUT2D eigenvalue weighted by Gasteiger charge is 2.23. The van der Waals surface area contributed by atoms with E-state index in [1.54, 1.807) is 48.5 Å². The Bertz CT molecular complexity index is 970. The van der Waals surface area contributed by atoms with Gasteiger partial charge in [0, 0.05) is 6.08 Å². The summed E-state index contributed by atoms with van der Waals surface area (Å²) in [6, 6.07) is 13.8. The number of rotatable bonds is 9. The van der Waals surface area contributed by atoms with Crippen molar-refractivity contribution in [2.24, 2.45) is 0 Å². The van der Waals surface area contributed by atoms with Gasteiger partial charge in [-0.05, 0) is 60.5 Å². The Kier molecular flexibility index (Phi) is 7.19. The minimum absolute atomic E-state index is 0.0651. The standard InChI is InChI=1S/C23H21NO6/c1-16-13-17(4-10-22(25)27-12-2-11-24)3-9-21(16)30-23(26)18-5-7-19(8-6-18)28-14-20-15-29-20/h3-10,13,20H,2,12,14-15H2,1H3/b10-4+. The molecule has 0 bridgehead atoms. The predicted molar refractivity (Wildman–Crippen MR) is 108 cm³/mol. The van der Waals surface area contributed by atoms with E-state index in [0.29, 0.717) is 23.7 Å². The molecule has 0 aliphatic carbocycles. The molecule has 0 N–H and O–H groups in total. The Morgan fingerprint density at radius 3 is 2.67 bits per heavy atom. The molecule has 0 amide bonds. The molecule has 2 aromatic carbocycles. The lowest BCUT2D eigenvalue weighted by atomic mass is 10.1. The smallest absolute Gasteiger partial charge is 0.343 e. The second kappa shape index (κ2) is 10.2. The van der Waals surface area contributed by atoms with Crippen molar-refractivity contribution < 1.29 is 28.5 Å². The van der Waals surface area contributed by atoms with E-state index in [-0.39, 0.29) is 19.1 Å². The predicted octanol–water partition coefficient (Wildman–Crippen LogP) is 3.46. The molecule has 1 aliphatic heterocycles. The number of epoxide rings is 1. The van der Waals surface area contributed by atoms with Gasteiger partial charge in [0.2, 0.25) is 0 Å². The number of aryl methyl sites for hydroxylation is 1. The summed E-state index contributed by atoms with van der Waals surface area (Å²) >= 11 is 0. The van der Waals surface area contributed by atoms with E-state index < -0.39 is 11.9 Å². The molecule has 1 aliphatic rings. The van der Waals surface area contributed by atoms with Crippen LogP contribution < -0.4 is 9.47 Å². The molecule has 3 rings (SSSR count). The van der Waals surface area contributed by atoms with E-state index in [0.717, 1.165) is 17.7 Å². The van der Waals surface area contributed by atoms with E-state index in [2.05, 4.69) is 0 Å². The largest absolute Gasteiger partial charge is 0.491 e. The monoisotopic (exact) mass is 407 g/mol. The molecule has 7 heteroatoms. The van der Waals surface area contributed by atoms with Gasteiger partial charge in [-0.2, -0.15) is 5.26 Å². The Morgan fingerprint density at radius 1 is 1.23 bits per heavy atom. The van der Waals surface area contributed by atoms with Crippen LogP contribution in [0.1, 0.15) is 27.9 Å². The van der Waals surface area contributed by atoms with Gasteiger partial charge in [-0.3, -0.25) is 0 Å². The Labute approximate surface area is 174 Å². The first kappa shape index (κ1) is 21.1. The van der Waals surface area contributed by atoms with Crippen molar-refractivity contribution in [1.82, 2.24) is 0 Å². The van der Waals surface area contributed by atoms with Crippen molar-refractivity contribution in [3.63, 3.8) is 0 Å². The fraction of sp³-hybridized carbons (Fsp3) is 0.261. The minimum Gasteiger partial charge on any atom is -0.491 e. The molecule has 154 valence electrons. The Balaban J connectivity index is 1.55. The van der Waals surface area contributed by atoms with Gasteiger partial charge in [-0.15, -0.1) is 0 Å². The summed E-state index contributed by atoms with van der Waals surface area (Å²) in [7, 11) is 0. The zero-order valence-electron chi connectivity index (χ0n) is 16.5. The second-order valence-corrected chi connectivity index (χ2v) is 6.61. The molecule has 0 saturated carbocycles. The number of ether oxygens (including phenoxy) is 4. The summed E-state index contributed by atoms with van der Waals surface area (Å²) in [4.78, 5) is 23.9. The van der Waals surface area contributed by atoms with E-state index in [1.165, 1.54) is 6.08 Å². The molecule has 0 spiro atoms. The van der Waals surface area contributed by atoms with Gasteiger partial charge in [0.1, 0.15) is 30.8 Å². The molecular formula is C23H21NO6. The topological polar surface area (TPSA) is 98.2 Å². The van der Waals surface area contributed by atoms with Crippen molar-refractivity contribution in [2.45, 2.75) is 19.4 Å². The van der Waals surface area contributed by atoms with E-state index in [1.807, 2.05) is 13.0 Å². The summed E-state index contributed by atoms with van der Waals surface area (Å²) in [5.41, 5.74) is 1.91. The van der Waals surface area contributed by atoms with Gasteiger partial charge < -0.3 is 18.9 Å². The summed E-state index contributed by atoms with van der Waals surface area (Å²) in [6.45, 7) is 3.10. The molecule has 1 heterocycles. The quantitative estimate of drug-likeness (QED) is 0.206. The third kappa shape index (κ3) is 6.47.